The van der Waals surface area contributed by atoms with Crippen LogP contribution in [-0.2, 0) is 0 Å². The maximum Gasteiger partial charge on any atom is 0.235 e. The lowest BCUT2D eigenvalue weighted by molar-refractivity contribution is 1.02. The second-order valence-corrected chi connectivity index (χ2v) is 12.4. The van der Waals surface area contributed by atoms with Crippen LogP contribution in [0.4, 0.5) is 0 Å². The van der Waals surface area contributed by atoms with Gasteiger partial charge in [0.2, 0.25) is 5.95 Å². The first-order valence-electron chi connectivity index (χ1n) is 14.8. The third-order valence-corrected chi connectivity index (χ3v) is 10.2. The number of thiophene rings is 1. The van der Waals surface area contributed by atoms with E-state index in [1.54, 1.807) is 0 Å². The van der Waals surface area contributed by atoms with Gasteiger partial charge in [-0.25, -0.2) is 9.97 Å². The fourth-order valence-electron chi connectivity index (χ4n) is 7.05. The van der Waals surface area contributed by atoms with Crippen LogP contribution in [-0.4, -0.2) is 14.5 Å². The molecular weight excluding hydrogens is 555 g/mol. The van der Waals surface area contributed by atoms with E-state index in [1.807, 2.05) is 11.3 Å². The highest BCUT2D eigenvalue weighted by Gasteiger charge is 2.21. The summed E-state index contributed by atoms with van der Waals surface area (Å²) in [5, 5.41) is 10.9. The zero-order chi connectivity index (χ0) is 28.8. The van der Waals surface area contributed by atoms with E-state index in [1.165, 1.54) is 52.5 Å². The molecule has 0 radical (unpaired) electrons. The summed E-state index contributed by atoms with van der Waals surface area (Å²) in [4.78, 5) is 10.7. The second kappa shape index (κ2) is 8.96. The molecular formula is C40H23N3S. The van der Waals surface area contributed by atoms with Crippen molar-refractivity contribution in [1.29, 1.82) is 0 Å². The Morgan fingerprint density at radius 1 is 0.477 bits per heavy atom. The van der Waals surface area contributed by atoms with Crippen molar-refractivity contribution in [3.8, 4) is 17.2 Å². The van der Waals surface area contributed by atoms with E-state index >= 15 is 0 Å². The monoisotopic (exact) mass is 577 g/mol. The van der Waals surface area contributed by atoms with Crippen LogP contribution in [0.15, 0.2) is 140 Å². The van der Waals surface area contributed by atoms with Gasteiger partial charge in [0.15, 0.2) is 0 Å². The summed E-state index contributed by atoms with van der Waals surface area (Å²) in [6.07, 6.45) is 0. The van der Waals surface area contributed by atoms with E-state index in [-0.39, 0.29) is 0 Å². The maximum absolute atomic E-state index is 5.45. The van der Waals surface area contributed by atoms with Crippen LogP contribution in [0.2, 0.25) is 0 Å². The molecule has 0 amide bonds. The molecule has 0 aliphatic heterocycles. The van der Waals surface area contributed by atoms with E-state index in [9.17, 15) is 0 Å². The van der Waals surface area contributed by atoms with Gasteiger partial charge in [-0.2, -0.15) is 0 Å². The molecule has 0 unspecified atom stereocenters. The maximum atomic E-state index is 5.45. The molecule has 0 aliphatic carbocycles. The minimum atomic E-state index is 0.684. The third kappa shape index (κ3) is 3.26. The zero-order valence-electron chi connectivity index (χ0n) is 23.5. The Balaban J connectivity index is 1.40. The average Bonchev–Trinajstić information content (AvgIpc) is 3.63. The topological polar surface area (TPSA) is 30.7 Å². The predicted molar refractivity (Wildman–Crippen MR) is 187 cm³/mol. The third-order valence-electron chi connectivity index (χ3n) is 9.00. The van der Waals surface area contributed by atoms with E-state index in [0.717, 1.165) is 33.2 Å². The number of fused-ring (bicyclic) bond motifs is 11. The molecule has 10 rings (SSSR count). The van der Waals surface area contributed by atoms with Crippen LogP contribution in [0.25, 0.3) is 91.6 Å². The van der Waals surface area contributed by atoms with Crippen molar-refractivity contribution in [2.24, 2.45) is 0 Å². The number of aromatic nitrogens is 3. The summed E-state index contributed by atoms with van der Waals surface area (Å²) in [5.74, 6) is 0.684. The normalized spacial score (nSPS) is 12.1. The molecule has 7 aromatic carbocycles. The minimum Gasteiger partial charge on any atom is -0.277 e. The van der Waals surface area contributed by atoms with Crippen LogP contribution in [0.1, 0.15) is 0 Å². The summed E-state index contributed by atoms with van der Waals surface area (Å²) in [6, 6.07) is 49.9. The van der Waals surface area contributed by atoms with Crippen LogP contribution >= 0.6 is 11.3 Å². The fraction of sp³-hybridized carbons (Fsp3) is 0. The summed E-state index contributed by atoms with van der Waals surface area (Å²) >= 11 is 1.87. The highest BCUT2D eigenvalue weighted by atomic mass is 32.1. The largest absolute Gasteiger partial charge is 0.277 e. The van der Waals surface area contributed by atoms with Gasteiger partial charge >= 0.3 is 0 Å². The molecule has 0 saturated heterocycles. The molecule has 10 aromatic rings. The van der Waals surface area contributed by atoms with Gasteiger partial charge in [-0.05, 0) is 34.4 Å². The molecule has 0 fully saturated rings. The van der Waals surface area contributed by atoms with Crippen molar-refractivity contribution < 1.29 is 0 Å². The Morgan fingerprint density at radius 3 is 2.09 bits per heavy atom. The van der Waals surface area contributed by atoms with E-state index < -0.39 is 0 Å². The van der Waals surface area contributed by atoms with Crippen LogP contribution < -0.4 is 0 Å². The molecule has 204 valence electrons. The lowest BCUT2D eigenvalue weighted by Gasteiger charge is -2.14. The molecule has 3 nitrogen and oxygen atoms in total. The Morgan fingerprint density at radius 2 is 1.18 bits per heavy atom. The Kier molecular flexibility index (Phi) is 4.87. The van der Waals surface area contributed by atoms with Crippen LogP contribution in [0.5, 0.6) is 0 Å². The lowest BCUT2D eigenvalue weighted by atomic mass is 9.99. The van der Waals surface area contributed by atoms with Crippen molar-refractivity contribution in [3.05, 3.63) is 140 Å². The average molecular weight is 578 g/mol. The van der Waals surface area contributed by atoms with Crippen LogP contribution in [0.3, 0.4) is 0 Å². The SMILES string of the molecule is c1ccc2c(-c3nc(-n4c5ccccc5c5ccc6ccc7c8ccccc8sc7c6c54)nc4ccccc34)cccc2c1. The molecule has 0 atom stereocenters. The number of rotatable bonds is 2. The Hall–Kier alpha value is -5.58. The molecule has 0 aliphatic rings. The molecule has 0 saturated carbocycles. The molecule has 3 heterocycles. The summed E-state index contributed by atoms with van der Waals surface area (Å²) in [7, 11) is 0. The number of hydrogen-bond donors (Lipinski definition) is 0. The first kappa shape index (κ1) is 23.9. The second-order valence-electron chi connectivity index (χ2n) is 11.4. The zero-order valence-corrected chi connectivity index (χ0v) is 24.3. The standard InChI is InChI=1S/C40H23N3S/c1-2-12-26-24(10-1)11-9-16-29(26)37-32-15-3-6-17-33(32)41-40(42-37)43-34-18-7-4-13-27(34)30-22-20-25-21-23-31-28-14-5-8-19-35(28)44-39(31)36(25)38(30)43/h1-23H. The minimum absolute atomic E-state index is 0.684. The first-order chi connectivity index (χ1) is 21.8. The van der Waals surface area contributed by atoms with Gasteiger partial charge in [-0.3, -0.25) is 4.57 Å². The van der Waals surface area contributed by atoms with Crippen molar-refractivity contribution in [1.82, 2.24) is 14.5 Å². The van der Waals surface area contributed by atoms with E-state index in [4.69, 9.17) is 9.97 Å². The van der Waals surface area contributed by atoms with Crippen LogP contribution in [0, 0.1) is 0 Å². The van der Waals surface area contributed by atoms with E-state index in [2.05, 4.69) is 144 Å². The van der Waals surface area contributed by atoms with Crippen molar-refractivity contribution in [2.45, 2.75) is 0 Å². The lowest BCUT2D eigenvalue weighted by Crippen LogP contribution is -2.04. The van der Waals surface area contributed by atoms with Gasteiger partial charge in [0.25, 0.3) is 0 Å². The molecule has 3 aromatic heterocycles. The van der Waals surface area contributed by atoms with Gasteiger partial charge in [-0.1, -0.05) is 121 Å². The van der Waals surface area contributed by atoms with Gasteiger partial charge in [0.1, 0.15) is 0 Å². The number of nitrogens with zero attached hydrogens (tertiary/aromatic N) is 3. The summed E-state index contributed by atoms with van der Waals surface area (Å²) in [5.41, 5.74) is 5.24. The smallest absolute Gasteiger partial charge is 0.235 e. The van der Waals surface area contributed by atoms with Crippen molar-refractivity contribution >= 4 is 85.8 Å². The quantitative estimate of drug-likeness (QED) is 0.205. The van der Waals surface area contributed by atoms with Gasteiger partial charge in [0, 0.05) is 47.3 Å². The molecule has 0 spiro atoms. The fourth-order valence-corrected chi connectivity index (χ4v) is 8.31. The first-order valence-corrected chi connectivity index (χ1v) is 15.7. The predicted octanol–water partition coefficient (Wildman–Crippen LogP) is 11.1. The molecule has 0 N–H and O–H groups in total. The molecule has 0 bridgehead atoms. The number of benzene rings is 7. The number of para-hydroxylation sites is 2. The van der Waals surface area contributed by atoms with Crippen molar-refractivity contribution in [2.75, 3.05) is 0 Å². The highest BCUT2D eigenvalue weighted by molar-refractivity contribution is 7.26. The van der Waals surface area contributed by atoms with Gasteiger partial charge in [0.05, 0.1) is 22.2 Å². The molecule has 4 heteroatoms. The molecule has 44 heavy (non-hydrogen) atoms. The Labute approximate surface area is 256 Å². The summed E-state index contributed by atoms with van der Waals surface area (Å²) < 4.78 is 4.90. The van der Waals surface area contributed by atoms with E-state index in [0.29, 0.717) is 5.95 Å². The van der Waals surface area contributed by atoms with Crippen molar-refractivity contribution in [3.63, 3.8) is 0 Å². The highest BCUT2D eigenvalue weighted by Crippen LogP contribution is 2.44. The summed E-state index contributed by atoms with van der Waals surface area (Å²) in [6.45, 7) is 0. The van der Waals surface area contributed by atoms with Gasteiger partial charge < -0.3 is 0 Å². The number of hydrogen-bond acceptors (Lipinski definition) is 3. The Bertz CT molecular complexity index is 2780. The van der Waals surface area contributed by atoms with Gasteiger partial charge in [-0.15, -0.1) is 11.3 Å².